The molecule has 0 amide bonds. The number of esters is 2. The first-order valence-electron chi connectivity index (χ1n) is 9.09. The summed E-state index contributed by atoms with van der Waals surface area (Å²) in [6, 6.07) is 8.79. The minimum Gasteiger partial charge on any atom is -0.465 e. The minimum atomic E-state index is -0.718. The number of carbonyl (C=O) groups excluding carboxylic acids is 3. The van der Waals surface area contributed by atoms with Crippen molar-refractivity contribution in [3.8, 4) is 0 Å². The third-order valence-corrected chi connectivity index (χ3v) is 5.05. The molecule has 6 nitrogen and oxygen atoms in total. The van der Waals surface area contributed by atoms with Crippen LogP contribution in [-0.4, -0.2) is 36.5 Å². The van der Waals surface area contributed by atoms with E-state index in [9.17, 15) is 14.4 Å². The van der Waals surface area contributed by atoms with E-state index >= 15 is 0 Å². The Morgan fingerprint density at radius 1 is 0.926 bits per heavy atom. The van der Waals surface area contributed by atoms with Crippen molar-refractivity contribution in [3.05, 3.63) is 58.9 Å². The number of ether oxygens (including phenoxy) is 2. The molecular formula is C21H23NO5. The van der Waals surface area contributed by atoms with Crippen LogP contribution >= 0.6 is 0 Å². The second kappa shape index (κ2) is 8.20. The SMILES string of the molecule is COC(=O)c1cn(C2CCCCC2)c(C(=O)c2ccccc2)c1C(=O)OC. The van der Waals surface area contributed by atoms with Crippen LogP contribution in [0.25, 0.3) is 0 Å². The van der Waals surface area contributed by atoms with E-state index in [1.165, 1.54) is 14.2 Å². The van der Waals surface area contributed by atoms with Crippen molar-refractivity contribution >= 4 is 17.7 Å². The van der Waals surface area contributed by atoms with Crippen LogP contribution in [0.2, 0.25) is 0 Å². The summed E-state index contributed by atoms with van der Waals surface area (Å²) in [6.45, 7) is 0. The van der Waals surface area contributed by atoms with Crippen molar-refractivity contribution < 1.29 is 23.9 Å². The highest BCUT2D eigenvalue weighted by Gasteiger charge is 2.33. The molecule has 1 saturated carbocycles. The number of rotatable bonds is 5. The smallest absolute Gasteiger partial charge is 0.341 e. The van der Waals surface area contributed by atoms with E-state index in [0.29, 0.717) is 5.56 Å². The van der Waals surface area contributed by atoms with Gasteiger partial charge >= 0.3 is 11.9 Å². The monoisotopic (exact) mass is 369 g/mol. The van der Waals surface area contributed by atoms with Crippen LogP contribution in [0.5, 0.6) is 0 Å². The summed E-state index contributed by atoms with van der Waals surface area (Å²) in [4.78, 5) is 38.1. The van der Waals surface area contributed by atoms with Gasteiger partial charge in [-0.25, -0.2) is 9.59 Å². The first-order valence-corrected chi connectivity index (χ1v) is 9.09. The molecule has 27 heavy (non-hydrogen) atoms. The van der Waals surface area contributed by atoms with Gasteiger partial charge in [-0.15, -0.1) is 0 Å². The molecule has 0 atom stereocenters. The number of hydrogen-bond acceptors (Lipinski definition) is 5. The number of benzene rings is 1. The standard InChI is InChI=1S/C21H23NO5/c1-26-20(24)16-13-22(15-11-7-4-8-12-15)18(17(16)21(25)27-2)19(23)14-9-5-3-6-10-14/h3,5-6,9-10,13,15H,4,7-8,11-12H2,1-2H3. The van der Waals surface area contributed by atoms with Gasteiger partial charge < -0.3 is 14.0 Å². The highest BCUT2D eigenvalue weighted by Crippen LogP contribution is 2.33. The van der Waals surface area contributed by atoms with Crippen LogP contribution in [0.15, 0.2) is 36.5 Å². The van der Waals surface area contributed by atoms with Crippen LogP contribution in [0.4, 0.5) is 0 Å². The third-order valence-electron chi connectivity index (χ3n) is 5.05. The summed E-state index contributed by atoms with van der Waals surface area (Å²) in [5.74, 6) is -1.69. The molecule has 0 spiro atoms. The summed E-state index contributed by atoms with van der Waals surface area (Å²) in [5, 5.41) is 0. The van der Waals surface area contributed by atoms with Crippen LogP contribution < -0.4 is 0 Å². The second-order valence-electron chi connectivity index (χ2n) is 6.64. The van der Waals surface area contributed by atoms with E-state index < -0.39 is 11.9 Å². The van der Waals surface area contributed by atoms with Crippen LogP contribution in [0.1, 0.15) is 74.9 Å². The summed E-state index contributed by atoms with van der Waals surface area (Å²) in [5.41, 5.74) is 0.688. The zero-order valence-corrected chi connectivity index (χ0v) is 15.6. The number of aromatic nitrogens is 1. The molecule has 1 aliphatic rings. The lowest BCUT2D eigenvalue weighted by Gasteiger charge is -2.25. The lowest BCUT2D eigenvalue weighted by atomic mass is 9.94. The molecule has 6 heteroatoms. The van der Waals surface area contributed by atoms with Crippen LogP contribution in [0, 0.1) is 0 Å². The molecule has 1 aromatic carbocycles. The van der Waals surface area contributed by atoms with Gasteiger partial charge in [-0.1, -0.05) is 49.6 Å². The Morgan fingerprint density at radius 3 is 2.15 bits per heavy atom. The fraction of sp³-hybridized carbons (Fsp3) is 0.381. The van der Waals surface area contributed by atoms with E-state index in [-0.39, 0.29) is 28.6 Å². The number of methoxy groups -OCH3 is 2. The van der Waals surface area contributed by atoms with Gasteiger partial charge in [-0.2, -0.15) is 0 Å². The molecule has 0 radical (unpaired) electrons. The number of carbonyl (C=O) groups is 3. The van der Waals surface area contributed by atoms with Crippen LogP contribution in [-0.2, 0) is 9.47 Å². The Morgan fingerprint density at radius 2 is 1.56 bits per heavy atom. The Labute approximate surface area is 158 Å². The maximum Gasteiger partial charge on any atom is 0.341 e. The predicted molar refractivity (Wildman–Crippen MR) is 99.1 cm³/mol. The molecule has 1 aromatic heterocycles. The van der Waals surface area contributed by atoms with Gasteiger partial charge in [-0.3, -0.25) is 4.79 Å². The maximum absolute atomic E-state index is 13.3. The number of hydrogen-bond donors (Lipinski definition) is 0. The number of ketones is 1. The highest BCUT2D eigenvalue weighted by atomic mass is 16.5. The normalized spacial score (nSPS) is 14.6. The minimum absolute atomic E-state index is 0.0243. The van der Waals surface area contributed by atoms with Gasteiger partial charge in [0, 0.05) is 17.8 Å². The van der Waals surface area contributed by atoms with Crippen molar-refractivity contribution in [3.63, 3.8) is 0 Å². The maximum atomic E-state index is 13.3. The van der Waals surface area contributed by atoms with E-state index in [0.717, 1.165) is 32.1 Å². The lowest BCUT2D eigenvalue weighted by molar-refractivity contribution is 0.0555. The van der Waals surface area contributed by atoms with Crippen molar-refractivity contribution in [2.75, 3.05) is 14.2 Å². The lowest BCUT2D eigenvalue weighted by Crippen LogP contribution is -2.20. The average Bonchev–Trinajstić information content (AvgIpc) is 3.14. The van der Waals surface area contributed by atoms with Crippen molar-refractivity contribution in [2.24, 2.45) is 0 Å². The molecule has 0 unspecified atom stereocenters. The largest absolute Gasteiger partial charge is 0.465 e. The molecule has 3 rings (SSSR count). The average molecular weight is 369 g/mol. The second-order valence-corrected chi connectivity index (χ2v) is 6.64. The van der Waals surface area contributed by atoms with Gasteiger partial charge in [0.1, 0.15) is 11.3 Å². The zero-order chi connectivity index (χ0) is 19.4. The van der Waals surface area contributed by atoms with Gasteiger partial charge in [-0.05, 0) is 12.8 Å². The molecule has 0 N–H and O–H groups in total. The summed E-state index contributed by atoms with van der Waals surface area (Å²) >= 11 is 0. The van der Waals surface area contributed by atoms with E-state index in [4.69, 9.17) is 9.47 Å². The topological polar surface area (TPSA) is 74.6 Å². The molecular weight excluding hydrogens is 346 g/mol. The van der Waals surface area contributed by atoms with Crippen LogP contribution in [0.3, 0.4) is 0 Å². The van der Waals surface area contributed by atoms with E-state index in [2.05, 4.69) is 0 Å². The van der Waals surface area contributed by atoms with Crippen molar-refractivity contribution in [2.45, 2.75) is 38.1 Å². The molecule has 1 aliphatic carbocycles. The summed E-state index contributed by atoms with van der Waals surface area (Å²) in [6.07, 6.45) is 6.60. The molecule has 1 fully saturated rings. The van der Waals surface area contributed by atoms with Crippen molar-refractivity contribution in [1.82, 2.24) is 4.57 Å². The summed E-state index contributed by atoms with van der Waals surface area (Å²) in [7, 11) is 2.48. The van der Waals surface area contributed by atoms with Gasteiger partial charge in [0.15, 0.2) is 0 Å². The Kier molecular flexibility index (Phi) is 5.74. The van der Waals surface area contributed by atoms with Crippen molar-refractivity contribution in [1.29, 1.82) is 0 Å². The van der Waals surface area contributed by atoms with E-state index in [1.54, 1.807) is 35.0 Å². The fourth-order valence-corrected chi connectivity index (χ4v) is 3.70. The number of nitrogens with zero attached hydrogens (tertiary/aromatic N) is 1. The Balaban J connectivity index is 2.22. The highest BCUT2D eigenvalue weighted by molar-refractivity contribution is 6.17. The zero-order valence-electron chi connectivity index (χ0n) is 15.6. The third kappa shape index (κ3) is 3.65. The quantitative estimate of drug-likeness (QED) is 0.592. The summed E-state index contributed by atoms with van der Waals surface area (Å²) < 4.78 is 11.5. The Bertz CT molecular complexity index is 847. The predicted octanol–water partition coefficient (Wildman–Crippen LogP) is 3.80. The Hall–Kier alpha value is -2.89. The molecule has 0 saturated heterocycles. The van der Waals surface area contributed by atoms with Gasteiger partial charge in [0.05, 0.1) is 19.8 Å². The molecule has 142 valence electrons. The van der Waals surface area contributed by atoms with Gasteiger partial charge in [0.25, 0.3) is 0 Å². The molecule has 2 aromatic rings. The molecule has 1 heterocycles. The first kappa shape index (κ1) is 18.9. The van der Waals surface area contributed by atoms with E-state index in [1.807, 2.05) is 6.07 Å². The fourth-order valence-electron chi connectivity index (χ4n) is 3.70. The first-order chi connectivity index (χ1) is 13.1. The molecule has 0 aliphatic heterocycles. The molecule has 0 bridgehead atoms. The van der Waals surface area contributed by atoms with Gasteiger partial charge in [0.2, 0.25) is 5.78 Å².